The van der Waals surface area contributed by atoms with E-state index in [0.717, 1.165) is 24.7 Å². The van der Waals surface area contributed by atoms with Crippen molar-refractivity contribution >= 4 is 22.6 Å². The average molecular weight is 267 g/mol. The molecule has 1 aliphatic heterocycles. The Morgan fingerprint density at radius 2 is 2.39 bits per heavy atom. The lowest BCUT2D eigenvalue weighted by Crippen LogP contribution is -2.26. The second kappa shape index (κ2) is 5.72. The molecule has 2 N–H and O–H groups in total. The van der Waals surface area contributed by atoms with Crippen molar-refractivity contribution in [3.8, 4) is 5.75 Å². The van der Waals surface area contributed by atoms with E-state index in [1.54, 1.807) is 0 Å². The van der Waals surface area contributed by atoms with Gasteiger partial charge in [-0.25, -0.2) is 0 Å². The van der Waals surface area contributed by atoms with Crippen molar-refractivity contribution in [1.82, 2.24) is 5.32 Å². The van der Waals surface area contributed by atoms with Crippen molar-refractivity contribution in [2.75, 3.05) is 13.1 Å². The highest BCUT2D eigenvalue weighted by atomic mass is 32.2. The van der Waals surface area contributed by atoms with E-state index in [9.17, 15) is 15.2 Å². The fraction of sp³-hybridized carbons (Fsp3) is 0.364. The highest BCUT2D eigenvalue weighted by Gasteiger charge is 2.12. The molecular formula is C11H13N3O3S. The molecule has 1 aliphatic rings. The van der Waals surface area contributed by atoms with Crippen LogP contribution in [-0.2, 0) is 5.75 Å². The van der Waals surface area contributed by atoms with E-state index >= 15 is 0 Å². The van der Waals surface area contributed by atoms with Gasteiger partial charge >= 0.3 is 0 Å². The Balaban J connectivity index is 2.06. The van der Waals surface area contributed by atoms with Gasteiger partial charge in [0.05, 0.1) is 4.92 Å². The van der Waals surface area contributed by atoms with Crippen LogP contribution in [0.4, 0.5) is 5.69 Å². The number of nitro benzene ring substituents is 1. The molecular weight excluding hydrogens is 254 g/mol. The third-order valence-electron chi connectivity index (χ3n) is 2.50. The first-order valence-corrected chi connectivity index (χ1v) is 6.53. The van der Waals surface area contributed by atoms with E-state index in [1.165, 1.54) is 30.0 Å². The summed E-state index contributed by atoms with van der Waals surface area (Å²) in [5.41, 5.74) is 0.534. The van der Waals surface area contributed by atoms with E-state index in [4.69, 9.17) is 0 Å². The maximum atomic E-state index is 10.7. The number of thioether (sulfide) groups is 1. The van der Waals surface area contributed by atoms with Gasteiger partial charge in [-0.05, 0) is 12.5 Å². The second-order valence-electron chi connectivity index (χ2n) is 3.83. The number of amidine groups is 1. The topological polar surface area (TPSA) is 87.8 Å². The molecule has 0 radical (unpaired) electrons. The molecule has 0 aliphatic carbocycles. The van der Waals surface area contributed by atoms with Gasteiger partial charge in [0.15, 0.2) is 5.17 Å². The highest BCUT2D eigenvalue weighted by molar-refractivity contribution is 8.13. The smallest absolute Gasteiger partial charge is 0.270 e. The summed E-state index contributed by atoms with van der Waals surface area (Å²) in [6.07, 6.45) is 1.02. The highest BCUT2D eigenvalue weighted by Crippen LogP contribution is 2.27. The van der Waals surface area contributed by atoms with Crippen LogP contribution in [0.2, 0.25) is 0 Å². The number of nitro groups is 1. The van der Waals surface area contributed by atoms with Crippen molar-refractivity contribution < 1.29 is 10.0 Å². The molecule has 0 unspecified atom stereocenters. The molecule has 0 atom stereocenters. The number of nitrogens with one attached hydrogen (secondary N) is 1. The van der Waals surface area contributed by atoms with Gasteiger partial charge in [-0.15, -0.1) is 0 Å². The molecule has 1 aromatic carbocycles. The van der Waals surface area contributed by atoms with Crippen LogP contribution in [-0.4, -0.2) is 28.3 Å². The summed E-state index contributed by atoms with van der Waals surface area (Å²) < 4.78 is 0. The number of rotatable bonds is 3. The summed E-state index contributed by atoms with van der Waals surface area (Å²) in [6, 6.07) is 4.04. The number of hydrogen-bond acceptors (Lipinski definition) is 6. The second-order valence-corrected chi connectivity index (χ2v) is 4.79. The van der Waals surface area contributed by atoms with Crippen LogP contribution in [0.1, 0.15) is 12.0 Å². The molecule has 0 saturated carbocycles. The molecule has 1 heterocycles. The lowest BCUT2D eigenvalue weighted by Gasteiger charge is -2.13. The normalized spacial score (nSPS) is 14.8. The van der Waals surface area contributed by atoms with E-state index in [0.29, 0.717) is 11.3 Å². The zero-order valence-corrected chi connectivity index (χ0v) is 10.4. The molecule has 7 heteroatoms. The van der Waals surface area contributed by atoms with Gasteiger partial charge in [-0.3, -0.25) is 15.1 Å². The minimum absolute atomic E-state index is 0.0121. The monoisotopic (exact) mass is 267 g/mol. The molecule has 1 aromatic rings. The van der Waals surface area contributed by atoms with Gasteiger partial charge in [0.1, 0.15) is 5.75 Å². The minimum atomic E-state index is -0.468. The number of phenols is 1. The maximum absolute atomic E-state index is 10.7. The van der Waals surface area contributed by atoms with Crippen molar-refractivity contribution in [2.45, 2.75) is 12.2 Å². The zero-order chi connectivity index (χ0) is 13.0. The Morgan fingerprint density at radius 1 is 1.56 bits per heavy atom. The number of aromatic hydroxyl groups is 1. The Hall–Kier alpha value is -1.76. The van der Waals surface area contributed by atoms with Crippen molar-refractivity contribution in [2.24, 2.45) is 4.99 Å². The lowest BCUT2D eigenvalue weighted by molar-refractivity contribution is -0.384. The van der Waals surface area contributed by atoms with E-state index < -0.39 is 4.92 Å². The Bertz CT molecular complexity index is 490. The Labute approximate surface area is 108 Å². The molecule has 0 fully saturated rings. The van der Waals surface area contributed by atoms with E-state index in [-0.39, 0.29) is 11.4 Å². The fourth-order valence-corrected chi connectivity index (χ4v) is 2.46. The summed E-state index contributed by atoms with van der Waals surface area (Å²) in [7, 11) is 0. The number of phenolic OH excluding ortho intramolecular Hbond substituents is 1. The molecule has 6 nitrogen and oxygen atoms in total. The van der Waals surface area contributed by atoms with Gasteiger partial charge in [-0.2, -0.15) is 0 Å². The first kappa shape index (κ1) is 12.7. The first-order valence-electron chi connectivity index (χ1n) is 5.54. The van der Waals surface area contributed by atoms with Gasteiger partial charge in [0.25, 0.3) is 5.69 Å². The van der Waals surface area contributed by atoms with Gasteiger partial charge in [-0.1, -0.05) is 11.8 Å². The SMILES string of the molecule is O=[N+]([O-])c1ccc(O)c(CSC2=NCCCN2)c1. The number of hydrogen-bond donors (Lipinski definition) is 2. The first-order chi connectivity index (χ1) is 8.66. The molecule has 96 valence electrons. The Kier molecular flexibility index (Phi) is 4.03. The maximum Gasteiger partial charge on any atom is 0.270 e. The minimum Gasteiger partial charge on any atom is -0.508 e. The third-order valence-corrected chi connectivity index (χ3v) is 3.51. The third kappa shape index (κ3) is 3.13. The summed E-state index contributed by atoms with van der Waals surface area (Å²) >= 11 is 1.44. The molecule has 0 saturated heterocycles. The van der Waals surface area contributed by atoms with Crippen molar-refractivity contribution in [1.29, 1.82) is 0 Å². The van der Waals surface area contributed by atoms with Crippen molar-refractivity contribution in [3.63, 3.8) is 0 Å². The molecule has 2 rings (SSSR count). The number of aliphatic imine (C=N–C) groups is 1. The van der Waals surface area contributed by atoms with Crippen LogP contribution < -0.4 is 5.32 Å². The average Bonchev–Trinajstić information content (AvgIpc) is 2.38. The van der Waals surface area contributed by atoms with E-state index in [1.807, 2.05) is 0 Å². The van der Waals surface area contributed by atoms with Crippen LogP contribution in [0.3, 0.4) is 0 Å². The van der Waals surface area contributed by atoms with E-state index in [2.05, 4.69) is 10.3 Å². The quantitative estimate of drug-likeness (QED) is 0.645. The molecule has 0 amide bonds. The van der Waals surface area contributed by atoms with Crippen LogP contribution >= 0.6 is 11.8 Å². The largest absolute Gasteiger partial charge is 0.508 e. The summed E-state index contributed by atoms with van der Waals surface area (Å²) in [4.78, 5) is 14.5. The predicted molar refractivity (Wildman–Crippen MR) is 71.0 cm³/mol. The lowest BCUT2D eigenvalue weighted by atomic mass is 10.2. The zero-order valence-electron chi connectivity index (χ0n) is 9.63. The van der Waals surface area contributed by atoms with Gasteiger partial charge in [0, 0.05) is 36.5 Å². The van der Waals surface area contributed by atoms with Crippen LogP contribution in [0.25, 0.3) is 0 Å². The van der Waals surface area contributed by atoms with Crippen LogP contribution in [0.15, 0.2) is 23.2 Å². The van der Waals surface area contributed by atoms with Crippen LogP contribution in [0, 0.1) is 10.1 Å². The predicted octanol–water partition coefficient (Wildman–Crippen LogP) is 1.88. The number of nitrogens with zero attached hydrogens (tertiary/aromatic N) is 2. The molecule has 0 aromatic heterocycles. The molecule has 0 spiro atoms. The fourth-order valence-electron chi connectivity index (χ4n) is 1.55. The summed E-state index contributed by atoms with van der Waals surface area (Å²) in [5, 5.41) is 24.3. The Morgan fingerprint density at radius 3 is 3.06 bits per heavy atom. The molecule has 0 bridgehead atoms. The molecule has 18 heavy (non-hydrogen) atoms. The number of benzene rings is 1. The van der Waals surface area contributed by atoms with Crippen LogP contribution in [0.5, 0.6) is 5.75 Å². The summed E-state index contributed by atoms with van der Waals surface area (Å²) in [6.45, 7) is 1.70. The number of non-ortho nitro benzene ring substituents is 1. The standard InChI is InChI=1S/C11H13N3O3S/c15-10-3-2-9(14(16)17)6-8(10)7-18-11-12-4-1-5-13-11/h2-3,6,15H,1,4-5,7H2,(H,12,13). The van der Waals surface area contributed by atoms with Gasteiger partial charge in [0.2, 0.25) is 0 Å². The van der Waals surface area contributed by atoms with Crippen molar-refractivity contribution in [3.05, 3.63) is 33.9 Å². The summed E-state index contributed by atoms with van der Waals surface area (Å²) in [5.74, 6) is 0.531. The van der Waals surface area contributed by atoms with Gasteiger partial charge < -0.3 is 10.4 Å².